The maximum absolute atomic E-state index is 12.4. The van der Waals surface area contributed by atoms with Gasteiger partial charge in [-0.1, -0.05) is 6.07 Å². The van der Waals surface area contributed by atoms with Crippen molar-refractivity contribution in [2.45, 2.75) is 32.4 Å². The highest BCUT2D eigenvalue weighted by Gasteiger charge is 2.28. The van der Waals surface area contributed by atoms with Crippen LogP contribution in [-0.4, -0.2) is 31.7 Å². The Hall–Kier alpha value is -1.75. The molecule has 1 atom stereocenters. The minimum absolute atomic E-state index is 0.183. The van der Waals surface area contributed by atoms with Crippen molar-refractivity contribution in [1.82, 2.24) is 5.32 Å². The first kappa shape index (κ1) is 15.3. The molecule has 0 spiro atoms. The van der Waals surface area contributed by atoms with E-state index in [1.807, 2.05) is 20.8 Å². The highest BCUT2D eigenvalue weighted by atomic mass is 16.5. The van der Waals surface area contributed by atoms with Crippen molar-refractivity contribution in [3.63, 3.8) is 0 Å². The quantitative estimate of drug-likeness (QED) is 0.848. The van der Waals surface area contributed by atoms with Gasteiger partial charge in [-0.2, -0.15) is 0 Å². The van der Waals surface area contributed by atoms with Crippen molar-refractivity contribution in [1.29, 1.82) is 0 Å². The van der Waals surface area contributed by atoms with E-state index in [0.29, 0.717) is 17.1 Å². The molecule has 19 heavy (non-hydrogen) atoms. The van der Waals surface area contributed by atoms with Gasteiger partial charge in [0, 0.05) is 11.6 Å². The molecule has 1 aromatic rings. The van der Waals surface area contributed by atoms with Gasteiger partial charge in [0.05, 0.1) is 14.2 Å². The molecule has 1 amide bonds. The van der Waals surface area contributed by atoms with Gasteiger partial charge >= 0.3 is 0 Å². The predicted octanol–water partition coefficient (Wildman–Crippen LogP) is 1.56. The van der Waals surface area contributed by atoms with Crippen LogP contribution in [0.5, 0.6) is 11.5 Å². The number of amides is 1. The summed E-state index contributed by atoms with van der Waals surface area (Å²) in [7, 11) is 3.03. The van der Waals surface area contributed by atoms with Crippen molar-refractivity contribution in [2.24, 2.45) is 5.73 Å². The van der Waals surface area contributed by atoms with E-state index >= 15 is 0 Å². The molecule has 1 aromatic carbocycles. The van der Waals surface area contributed by atoms with E-state index in [1.54, 1.807) is 18.2 Å². The molecule has 0 fully saturated rings. The Kier molecular flexibility index (Phi) is 4.78. The lowest BCUT2D eigenvalue weighted by molar-refractivity contribution is 0.0897. The summed E-state index contributed by atoms with van der Waals surface area (Å²) in [5.41, 5.74) is 5.71. The van der Waals surface area contributed by atoms with E-state index in [4.69, 9.17) is 15.2 Å². The lowest BCUT2D eigenvalue weighted by Crippen LogP contribution is -2.54. The minimum atomic E-state index is -0.525. The van der Waals surface area contributed by atoms with Crippen LogP contribution in [0, 0.1) is 0 Å². The first-order valence-corrected chi connectivity index (χ1v) is 6.12. The van der Waals surface area contributed by atoms with E-state index in [-0.39, 0.29) is 11.9 Å². The van der Waals surface area contributed by atoms with Crippen LogP contribution in [0.1, 0.15) is 31.1 Å². The molecule has 5 nitrogen and oxygen atoms in total. The summed E-state index contributed by atoms with van der Waals surface area (Å²) in [5.74, 6) is 0.672. The highest BCUT2D eigenvalue weighted by Crippen LogP contribution is 2.28. The van der Waals surface area contributed by atoms with E-state index in [0.717, 1.165) is 0 Å². The van der Waals surface area contributed by atoms with Gasteiger partial charge in [-0.3, -0.25) is 4.79 Å². The van der Waals surface area contributed by atoms with Crippen LogP contribution < -0.4 is 20.5 Å². The van der Waals surface area contributed by atoms with Gasteiger partial charge in [0.25, 0.3) is 5.91 Å². The van der Waals surface area contributed by atoms with Crippen LogP contribution >= 0.6 is 0 Å². The second-order valence-electron chi connectivity index (χ2n) is 5.00. The maximum atomic E-state index is 12.4. The zero-order chi connectivity index (χ0) is 14.6. The molecule has 0 radical (unpaired) electrons. The monoisotopic (exact) mass is 266 g/mol. The molecule has 0 aromatic heterocycles. The molecule has 0 aliphatic rings. The second kappa shape index (κ2) is 5.93. The molecule has 0 saturated heterocycles. The number of hydrogen-bond donors (Lipinski definition) is 2. The third-order valence-corrected chi connectivity index (χ3v) is 3.23. The van der Waals surface area contributed by atoms with Crippen molar-refractivity contribution in [3.05, 3.63) is 23.8 Å². The lowest BCUT2D eigenvalue weighted by Gasteiger charge is -2.30. The first-order valence-electron chi connectivity index (χ1n) is 6.12. The first-order chi connectivity index (χ1) is 8.83. The molecule has 0 aliphatic heterocycles. The zero-order valence-electron chi connectivity index (χ0n) is 12.1. The summed E-state index contributed by atoms with van der Waals surface area (Å²) < 4.78 is 10.4. The Morgan fingerprint density at radius 3 is 2.11 bits per heavy atom. The number of methoxy groups -OCH3 is 2. The van der Waals surface area contributed by atoms with Gasteiger partial charge in [-0.15, -0.1) is 0 Å². The van der Waals surface area contributed by atoms with Crippen LogP contribution in [-0.2, 0) is 0 Å². The van der Waals surface area contributed by atoms with Crippen LogP contribution in [0.3, 0.4) is 0 Å². The number of ether oxygens (including phenoxy) is 2. The Morgan fingerprint density at radius 1 is 1.26 bits per heavy atom. The summed E-state index contributed by atoms with van der Waals surface area (Å²) >= 11 is 0. The Morgan fingerprint density at radius 2 is 1.74 bits per heavy atom. The standard InChI is InChI=1S/C14H22N2O3/c1-9(15)14(2,3)16-13(17)12-10(18-4)7-6-8-11(12)19-5/h6-9H,15H2,1-5H3,(H,16,17). The summed E-state index contributed by atoms with van der Waals surface area (Å²) in [5, 5.41) is 2.90. The molecule has 1 rings (SSSR count). The van der Waals surface area contributed by atoms with Crippen molar-refractivity contribution >= 4 is 5.91 Å². The predicted molar refractivity (Wildman–Crippen MR) is 74.7 cm³/mol. The molecule has 0 heterocycles. The van der Waals surface area contributed by atoms with Gasteiger partial charge in [0.15, 0.2) is 0 Å². The van der Waals surface area contributed by atoms with Gasteiger partial charge in [-0.05, 0) is 32.9 Å². The molecule has 5 heteroatoms. The Bertz CT molecular complexity index is 434. The van der Waals surface area contributed by atoms with Crippen LogP contribution in [0.2, 0.25) is 0 Å². The normalized spacial score (nSPS) is 12.7. The van der Waals surface area contributed by atoms with E-state index in [2.05, 4.69) is 5.32 Å². The SMILES string of the molecule is COc1cccc(OC)c1C(=O)NC(C)(C)C(C)N. The van der Waals surface area contributed by atoms with Crippen molar-refractivity contribution < 1.29 is 14.3 Å². The fourth-order valence-electron chi connectivity index (χ4n) is 1.54. The molecular formula is C14H22N2O3. The number of carbonyl (C=O) groups is 1. The summed E-state index contributed by atoms with van der Waals surface area (Å²) in [6.45, 7) is 5.59. The summed E-state index contributed by atoms with van der Waals surface area (Å²) in [6, 6.07) is 5.02. The molecule has 0 bridgehead atoms. The molecule has 106 valence electrons. The third kappa shape index (κ3) is 3.38. The Labute approximate surface area is 114 Å². The molecule has 0 aliphatic carbocycles. The number of hydrogen-bond acceptors (Lipinski definition) is 4. The lowest BCUT2D eigenvalue weighted by atomic mass is 9.96. The second-order valence-corrected chi connectivity index (χ2v) is 5.00. The number of benzene rings is 1. The Balaban J connectivity index is 3.12. The van der Waals surface area contributed by atoms with Crippen LogP contribution in [0.25, 0.3) is 0 Å². The average Bonchev–Trinajstić information content (AvgIpc) is 2.36. The fourth-order valence-corrected chi connectivity index (χ4v) is 1.54. The smallest absolute Gasteiger partial charge is 0.259 e. The molecule has 0 saturated carbocycles. The van der Waals surface area contributed by atoms with Gasteiger partial charge in [0.2, 0.25) is 0 Å². The minimum Gasteiger partial charge on any atom is -0.496 e. The van der Waals surface area contributed by atoms with E-state index in [1.165, 1.54) is 14.2 Å². The molecular weight excluding hydrogens is 244 g/mol. The van der Waals surface area contributed by atoms with Gasteiger partial charge < -0.3 is 20.5 Å². The number of carbonyl (C=O) groups excluding carboxylic acids is 1. The highest BCUT2D eigenvalue weighted by molar-refractivity contribution is 6.00. The summed E-state index contributed by atoms with van der Waals surface area (Å²) in [4.78, 5) is 12.4. The van der Waals surface area contributed by atoms with E-state index in [9.17, 15) is 4.79 Å². The van der Waals surface area contributed by atoms with Crippen molar-refractivity contribution in [2.75, 3.05) is 14.2 Å². The average molecular weight is 266 g/mol. The number of nitrogens with two attached hydrogens (primary N) is 1. The van der Waals surface area contributed by atoms with E-state index < -0.39 is 5.54 Å². The molecule has 3 N–H and O–H groups in total. The van der Waals surface area contributed by atoms with Gasteiger partial charge in [0.1, 0.15) is 17.1 Å². The largest absolute Gasteiger partial charge is 0.496 e. The summed E-state index contributed by atoms with van der Waals surface area (Å²) in [6.07, 6.45) is 0. The third-order valence-electron chi connectivity index (χ3n) is 3.23. The van der Waals surface area contributed by atoms with Crippen LogP contribution in [0.4, 0.5) is 0 Å². The maximum Gasteiger partial charge on any atom is 0.259 e. The number of nitrogens with one attached hydrogen (secondary N) is 1. The topological polar surface area (TPSA) is 73.6 Å². The van der Waals surface area contributed by atoms with Gasteiger partial charge in [-0.25, -0.2) is 0 Å². The van der Waals surface area contributed by atoms with Crippen LogP contribution in [0.15, 0.2) is 18.2 Å². The molecule has 1 unspecified atom stereocenters. The van der Waals surface area contributed by atoms with Crippen molar-refractivity contribution in [3.8, 4) is 11.5 Å². The fraction of sp³-hybridized carbons (Fsp3) is 0.500. The number of rotatable bonds is 5. The zero-order valence-corrected chi connectivity index (χ0v) is 12.1.